The Morgan fingerprint density at radius 1 is 1.03 bits per heavy atom. The van der Waals surface area contributed by atoms with Gasteiger partial charge in [-0.1, -0.05) is 6.42 Å². The number of morpholine rings is 1. The minimum atomic E-state index is 0.210. The molecule has 2 saturated heterocycles. The Morgan fingerprint density at radius 3 is 2.36 bits per heavy atom. The second-order valence-electron chi connectivity index (χ2n) is 8.98. The molecular weight excluding hydrogens is 422 g/mol. The van der Waals surface area contributed by atoms with E-state index in [1.54, 1.807) is 12.4 Å². The van der Waals surface area contributed by atoms with Crippen molar-refractivity contribution in [2.24, 2.45) is 5.92 Å². The Morgan fingerprint density at radius 2 is 1.73 bits per heavy atom. The van der Waals surface area contributed by atoms with Gasteiger partial charge in [0, 0.05) is 57.6 Å². The van der Waals surface area contributed by atoms with E-state index in [0.29, 0.717) is 42.4 Å². The van der Waals surface area contributed by atoms with E-state index in [2.05, 4.69) is 19.8 Å². The van der Waals surface area contributed by atoms with Gasteiger partial charge in [-0.2, -0.15) is 15.0 Å². The molecule has 176 valence electrons. The monoisotopic (exact) mass is 453 g/mol. The summed E-state index contributed by atoms with van der Waals surface area (Å²) in [6, 6.07) is 0.255. The van der Waals surface area contributed by atoms with Crippen LogP contribution in [-0.2, 0) is 9.53 Å². The summed E-state index contributed by atoms with van der Waals surface area (Å²) in [5.74, 6) is 2.56. The fourth-order valence-corrected chi connectivity index (χ4v) is 4.55. The van der Waals surface area contributed by atoms with E-state index in [4.69, 9.17) is 25.4 Å². The van der Waals surface area contributed by atoms with Crippen molar-refractivity contribution in [3.8, 4) is 11.4 Å². The SMILES string of the molecule is CN(c1nc(-c2cnc(N)nc2)nc(N2CCOCC2)n1)C1CCN(C(=O)C2CCC2)CC1. The van der Waals surface area contributed by atoms with Gasteiger partial charge >= 0.3 is 0 Å². The lowest BCUT2D eigenvalue weighted by atomic mass is 9.84. The molecule has 5 rings (SSSR count). The normalized spacial score (nSPS) is 19.9. The van der Waals surface area contributed by atoms with Crippen molar-refractivity contribution < 1.29 is 9.53 Å². The van der Waals surface area contributed by atoms with Crippen LogP contribution in [-0.4, -0.2) is 88.2 Å². The second kappa shape index (κ2) is 9.42. The minimum Gasteiger partial charge on any atom is -0.378 e. The van der Waals surface area contributed by atoms with Crippen LogP contribution in [0.15, 0.2) is 12.4 Å². The lowest BCUT2D eigenvalue weighted by Gasteiger charge is -2.39. The Labute approximate surface area is 193 Å². The molecule has 0 radical (unpaired) electrons. The number of likely N-dealkylation sites (tertiary alicyclic amines) is 1. The molecule has 0 spiro atoms. The van der Waals surface area contributed by atoms with E-state index >= 15 is 0 Å². The number of piperidine rings is 1. The number of nitrogen functional groups attached to an aromatic ring is 1. The van der Waals surface area contributed by atoms with Crippen molar-refractivity contribution >= 4 is 23.8 Å². The van der Waals surface area contributed by atoms with Crippen LogP contribution in [0.2, 0.25) is 0 Å². The van der Waals surface area contributed by atoms with E-state index in [0.717, 1.165) is 51.9 Å². The maximum Gasteiger partial charge on any atom is 0.230 e. The zero-order valence-electron chi connectivity index (χ0n) is 19.1. The molecule has 1 aliphatic carbocycles. The predicted octanol–water partition coefficient (Wildman–Crippen LogP) is 0.975. The third-order valence-electron chi connectivity index (χ3n) is 6.93. The number of carbonyl (C=O) groups is 1. The van der Waals surface area contributed by atoms with Crippen LogP contribution < -0.4 is 15.5 Å². The van der Waals surface area contributed by atoms with Crippen LogP contribution in [0.3, 0.4) is 0 Å². The summed E-state index contributed by atoms with van der Waals surface area (Å²) >= 11 is 0. The van der Waals surface area contributed by atoms with E-state index in [1.807, 2.05) is 11.9 Å². The summed E-state index contributed by atoms with van der Waals surface area (Å²) in [5.41, 5.74) is 6.35. The highest BCUT2D eigenvalue weighted by Crippen LogP contribution is 2.30. The summed E-state index contributed by atoms with van der Waals surface area (Å²) in [7, 11) is 2.02. The van der Waals surface area contributed by atoms with E-state index < -0.39 is 0 Å². The molecule has 2 N–H and O–H groups in total. The van der Waals surface area contributed by atoms with Crippen molar-refractivity contribution in [1.29, 1.82) is 0 Å². The van der Waals surface area contributed by atoms with E-state index in [1.165, 1.54) is 6.42 Å². The van der Waals surface area contributed by atoms with Gasteiger partial charge in [0.25, 0.3) is 0 Å². The number of nitrogens with zero attached hydrogens (tertiary/aromatic N) is 8. The number of amides is 1. The standard InChI is InChI=1S/C22H31N9O2/c1-29(17-5-7-30(8-6-17)19(32)15-3-2-4-15)21-26-18(16-13-24-20(23)25-14-16)27-22(28-21)31-9-11-33-12-10-31/h13-15,17H,2-12H2,1H3,(H2,23,24,25). The summed E-state index contributed by atoms with van der Waals surface area (Å²) in [5, 5.41) is 0. The molecule has 0 unspecified atom stereocenters. The second-order valence-corrected chi connectivity index (χ2v) is 8.98. The zero-order chi connectivity index (χ0) is 22.8. The highest BCUT2D eigenvalue weighted by molar-refractivity contribution is 5.79. The molecule has 11 nitrogen and oxygen atoms in total. The number of rotatable bonds is 5. The van der Waals surface area contributed by atoms with Crippen molar-refractivity contribution in [1.82, 2.24) is 29.8 Å². The van der Waals surface area contributed by atoms with E-state index in [-0.39, 0.29) is 17.9 Å². The summed E-state index contributed by atoms with van der Waals surface area (Å²) < 4.78 is 5.49. The lowest BCUT2D eigenvalue weighted by molar-refractivity contribution is -0.139. The fraction of sp³-hybridized carbons (Fsp3) is 0.636. The minimum absolute atomic E-state index is 0.210. The summed E-state index contributed by atoms with van der Waals surface area (Å²) in [4.78, 5) is 41.3. The van der Waals surface area contributed by atoms with Crippen molar-refractivity contribution in [2.75, 3.05) is 62.0 Å². The number of ether oxygens (including phenoxy) is 1. The number of carbonyl (C=O) groups excluding carboxylic acids is 1. The topological polar surface area (TPSA) is 126 Å². The number of hydrogen-bond donors (Lipinski definition) is 1. The van der Waals surface area contributed by atoms with Gasteiger partial charge in [-0.15, -0.1) is 0 Å². The highest BCUT2D eigenvalue weighted by Gasteiger charge is 2.33. The lowest BCUT2D eigenvalue weighted by Crippen LogP contribution is -2.48. The van der Waals surface area contributed by atoms with Gasteiger partial charge in [0.1, 0.15) is 0 Å². The van der Waals surface area contributed by atoms with Gasteiger partial charge in [0.15, 0.2) is 5.82 Å². The molecule has 11 heteroatoms. The number of nitrogens with two attached hydrogens (primary N) is 1. The van der Waals surface area contributed by atoms with Gasteiger partial charge in [-0.25, -0.2) is 9.97 Å². The predicted molar refractivity (Wildman–Crippen MR) is 124 cm³/mol. The third-order valence-corrected chi connectivity index (χ3v) is 6.93. The van der Waals surface area contributed by atoms with Crippen LogP contribution in [0.1, 0.15) is 32.1 Å². The molecule has 1 saturated carbocycles. The van der Waals surface area contributed by atoms with Crippen molar-refractivity contribution in [2.45, 2.75) is 38.1 Å². The smallest absolute Gasteiger partial charge is 0.230 e. The molecule has 4 heterocycles. The molecule has 3 fully saturated rings. The third kappa shape index (κ3) is 4.68. The maximum atomic E-state index is 12.6. The first-order valence-electron chi connectivity index (χ1n) is 11.8. The molecule has 0 bridgehead atoms. The van der Waals surface area contributed by atoms with Crippen LogP contribution in [0, 0.1) is 5.92 Å². The largest absolute Gasteiger partial charge is 0.378 e. The molecule has 1 amide bonds. The Balaban J connectivity index is 1.36. The fourth-order valence-electron chi connectivity index (χ4n) is 4.55. The van der Waals surface area contributed by atoms with Gasteiger partial charge in [0.2, 0.25) is 23.8 Å². The molecule has 2 aromatic heterocycles. The van der Waals surface area contributed by atoms with Crippen LogP contribution in [0.4, 0.5) is 17.8 Å². The summed E-state index contributed by atoms with van der Waals surface area (Å²) in [6.45, 7) is 4.31. The maximum absolute atomic E-state index is 12.6. The first-order chi connectivity index (χ1) is 16.1. The number of anilines is 3. The van der Waals surface area contributed by atoms with Crippen LogP contribution >= 0.6 is 0 Å². The Hall–Kier alpha value is -3.08. The average molecular weight is 454 g/mol. The molecular formula is C22H31N9O2. The molecule has 2 aromatic rings. The molecule has 33 heavy (non-hydrogen) atoms. The Bertz CT molecular complexity index is 968. The molecule has 0 atom stereocenters. The molecule has 0 aromatic carbocycles. The quantitative estimate of drug-likeness (QED) is 0.700. The Kier molecular flexibility index (Phi) is 6.21. The van der Waals surface area contributed by atoms with Gasteiger partial charge < -0.3 is 25.2 Å². The molecule has 3 aliphatic rings. The van der Waals surface area contributed by atoms with Gasteiger partial charge in [0.05, 0.1) is 18.8 Å². The van der Waals surface area contributed by atoms with Gasteiger partial charge in [-0.05, 0) is 25.7 Å². The van der Waals surface area contributed by atoms with Crippen molar-refractivity contribution in [3.05, 3.63) is 12.4 Å². The molecule has 2 aliphatic heterocycles. The number of aromatic nitrogens is 5. The highest BCUT2D eigenvalue weighted by atomic mass is 16.5. The van der Waals surface area contributed by atoms with Gasteiger partial charge in [-0.3, -0.25) is 4.79 Å². The first kappa shape index (κ1) is 21.7. The summed E-state index contributed by atoms with van der Waals surface area (Å²) in [6.07, 6.45) is 8.34. The zero-order valence-corrected chi connectivity index (χ0v) is 19.1. The van der Waals surface area contributed by atoms with E-state index in [9.17, 15) is 4.79 Å². The van der Waals surface area contributed by atoms with Crippen LogP contribution in [0.5, 0.6) is 0 Å². The van der Waals surface area contributed by atoms with Crippen molar-refractivity contribution in [3.63, 3.8) is 0 Å². The number of hydrogen-bond acceptors (Lipinski definition) is 10. The van der Waals surface area contributed by atoms with Crippen LogP contribution in [0.25, 0.3) is 11.4 Å². The average Bonchev–Trinajstić information content (AvgIpc) is 2.83. The first-order valence-corrected chi connectivity index (χ1v) is 11.8.